The van der Waals surface area contributed by atoms with E-state index >= 15 is 0 Å². The quantitative estimate of drug-likeness (QED) is 0.754. The van der Waals surface area contributed by atoms with E-state index < -0.39 is 5.97 Å². The molecule has 1 saturated heterocycles. The maximum atomic E-state index is 11.9. The number of aliphatic carboxylic acids is 1. The van der Waals surface area contributed by atoms with Crippen molar-refractivity contribution in [1.29, 1.82) is 0 Å². The van der Waals surface area contributed by atoms with E-state index in [0.29, 0.717) is 6.42 Å². The molecule has 1 saturated carbocycles. The Morgan fingerprint density at radius 3 is 2.59 bits per heavy atom. The van der Waals surface area contributed by atoms with Gasteiger partial charge in [-0.05, 0) is 32.1 Å². The first-order valence-corrected chi connectivity index (χ1v) is 6.29. The Labute approximate surface area is 101 Å². The Morgan fingerprint density at radius 2 is 2.06 bits per heavy atom. The molecule has 0 aromatic carbocycles. The van der Waals surface area contributed by atoms with Crippen LogP contribution in [0.2, 0.25) is 0 Å². The predicted molar refractivity (Wildman–Crippen MR) is 60.6 cm³/mol. The van der Waals surface area contributed by atoms with Gasteiger partial charge >= 0.3 is 5.97 Å². The van der Waals surface area contributed by atoms with E-state index in [1.807, 2.05) is 0 Å². The average molecular weight is 241 g/mol. The lowest BCUT2D eigenvalue weighted by Gasteiger charge is -2.20. The van der Waals surface area contributed by atoms with Crippen LogP contribution in [0.3, 0.4) is 0 Å². The third-order valence-corrected chi connectivity index (χ3v) is 3.32. The molecule has 2 fully saturated rings. The Hall–Kier alpha value is -1.10. The van der Waals surface area contributed by atoms with Crippen molar-refractivity contribution in [1.82, 2.24) is 4.90 Å². The predicted octanol–water partition coefficient (Wildman–Crippen LogP) is 1.02. The van der Waals surface area contributed by atoms with Gasteiger partial charge in [0.15, 0.2) is 0 Å². The molecule has 1 N–H and O–H groups in total. The van der Waals surface area contributed by atoms with Crippen molar-refractivity contribution in [2.45, 2.75) is 50.7 Å². The van der Waals surface area contributed by atoms with Gasteiger partial charge in [-0.15, -0.1) is 0 Å². The molecular formula is C12H19NO4. The molecule has 1 aliphatic carbocycles. The zero-order chi connectivity index (χ0) is 12.3. The fourth-order valence-electron chi connectivity index (χ4n) is 2.25. The highest BCUT2D eigenvalue weighted by Crippen LogP contribution is 2.28. The van der Waals surface area contributed by atoms with Gasteiger partial charge in [0.05, 0.1) is 6.10 Å². The number of amides is 1. The lowest BCUT2D eigenvalue weighted by molar-refractivity contribution is -0.145. The van der Waals surface area contributed by atoms with Crippen LogP contribution < -0.4 is 0 Å². The molecule has 1 aliphatic heterocycles. The summed E-state index contributed by atoms with van der Waals surface area (Å²) in [5.74, 6) is -0.965. The van der Waals surface area contributed by atoms with E-state index in [4.69, 9.17) is 9.84 Å². The highest BCUT2D eigenvalue weighted by Gasteiger charge is 2.33. The van der Waals surface area contributed by atoms with Gasteiger partial charge < -0.3 is 14.7 Å². The summed E-state index contributed by atoms with van der Waals surface area (Å²) in [5.41, 5.74) is 0. The minimum Gasteiger partial charge on any atom is -0.480 e. The smallest absolute Gasteiger partial charge is 0.323 e. The van der Waals surface area contributed by atoms with Crippen LogP contribution in [0.4, 0.5) is 0 Å². The second kappa shape index (κ2) is 5.49. The van der Waals surface area contributed by atoms with Crippen molar-refractivity contribution in [3.8, 4) is 0 Å². The van der Waals surface area contributed by atoms with Crippen molar-refractivity contribution < 1.29 is 19.4 Å². The number of carbonyl (C=O) groups is 2. The van der Waals surface area contributed by atoms with E-state index in [9.17, 15) is 9.59 Å². The van der Waals surface area contributed by atoms with Crippen LogP contribution in [0.5, 0.6) is 0 Å². The lowest BCUT2D eigenvalue weighted by Crippen LogP contribution is -2.37. The summed E-state index contributed by atoms with van der Waals surface area (Å²) in [5, 5.41) is 8.77. The van der Waals surface area contributed by atoms with Crippen molar-refractivity contribution >= 4 is 11.9 Å². The molecule has 2 rings (SSSR count). The zero-order valence-electron chi connectivity index (χ0n) is 9.93. The Kier molecular flexibility index (Phi) is 3.99. The molecule has 0 aromatic rings. The van der Waals surface area contributed by atoms with E-state index in [1.165, 1.54) is 4.90 Å². The number of carbonyl (C=O) groups excluding carboxylic acids is 1. The molecule has 17 heavy (non-hydrogen) atoms. The van der Waals surface area contributed by atoms with E-state index in [-0.39, 0.29) is 24.6 Å². The number of ether oxygens (including phenoxy) is 1. The summed E-state index contributed by atoms with van der Waals surface area (Å²) in [6.07, 6.45) is 5.31. The molecule has 0 bridgehead atoms. The van der Waals surface area contributed by atoms with Crippen molar-refractivity contribution in [2.75, 3.05) is 13.2 Å². The van der Waals surface area contributed by atoms with Crippen LogP contribution >= 0.6 is 0 Å². The highest BCUT2D eigenvalue weighted by atomic mass is 16.5. The maximum Gasteiger partial charge on any atom is 0.323 e. The van der Waals surface area contributed by atoms with Crippen molar-refractivity contribution in [3.05, 3.63) is 0 Å². The molecule has 96 valence electrons. The Balaban J connectivity index is 1.77. The fraction of sp³-hybridized carbons (Fsp3) is 0.833. The number of hydrogen-bond acceptors (Lipinski definition) is 3. The molecule has 2 aliphatic rings. The van der Waals surface area contributed by atoms with Crippen LogP contribution in [0.1, 0.15) is 38.5 Å². The molecule has 5 heteroatoms. The fourth-order valence-corrected chi connectivity index (χ4v) is 2.25. The third kappa shape index (κ3) is 3.70. The van der Waals surface area contributed by atoms with Crippen LogP contribution in [0, 0.1) is 0 Å². The average Bonchev–Trinajstić information content (AvgIpc) is 2.99. The maximum absolute atomic E-state index is 11.9. The standard InChI is InChI=1S/C12H19NO4/c14-11(6-5-10-2-1-7-17-10)13(8-12(15)16)9-3-4-9/h9-10H,1-8H2,(H,15,16)/t10-/m1/s1. The monoisotopic (exact) mass is 241 g/mol. The molecule has 1 atom stereocenters. The minimum atomic E-state index is -0.928. The SMILES string of the molecule is O=C(O)CN(C(=O)CC[C@H]1CCCO1)C1CC1. The second-order valence-electron chi connectivity index (χ2n) is 4.82. The van der Waals surface area contributed by atoms with Gasteiger partial charge in [0, 0.05) is 19.1 Å². The van der Waals surface area contributed by atoms with Crippen molar-refractivity contribution in [2.24, 2.45) is 0 Å². The van der Waals surface area contributed by atoms with Crippen LogP contribution in [0.15, 0.2) is 0 Å². The van der Waals surface area contributed by atoms with E-state index in [2.05, 4.69) is 0 Å². The summed E-state index contributed by atoms with van der Waals surface area (Å²) >= 11 is 0. The number of rotatable bonds is 6. The first kappa shape index (κ1) is 12.4. The van der Waals surface area contributed by atoms with Crippen LogP contribution in [0.25, 0.3) is 0 Å². The van der Waals surface area contributed by atoms with Crippen LogP contribution in [-0.2, 0) is 14.3 Å². The van der Waals surface area contributed by atoms with Crippen LogP contribution in [-0.4, -0.2) is 47.2 Å². The summed E-state index contributed by atoms with van der Waals surface area (Å²) in [6, 6.07) is 0.170. The number of carboxylic acid groups (broad SMARTS) is 1. The largest absolute Gasteiger partial charge is 0.480 e. The first-order valence-electron chi connectivity index (χ1n) is 6.29. The second-order valence-corrected chi connectivity index (χ2v) is 4.82. The molecule has 5 nitrogen and oxygen atoms in total. The summed E-state index contributed by atoms with van der Waals surface area (Å²) in [7, 11) is 0. The zero-order valence-corrected chi connectivity index (χ0v) is 9.93. The van der Waals surface area contributed by atoms with Crippen molar-refractivity contribution in [3.63, 3.8) is 0 Å². The van der Waals surface area contributed by atoms with Gasteiger partial charge in [0.25, 0.3) is 0 Å². The molecule has 0 radical (unpaired) electrons. The lowest BCUT2D eigenvalue weighted by atomic mass is 10.1. The molecule has 1 heterocycles. The summed E-state index contributed by atoms with van der Waals surface area (Å²) in [4.78, 5) is 24.1. The van der Waals surface area contributed by atoms with Gasteiger partial charge in [0.2, 0.25) is 5.91 Å². The molecular weight excluding hydrogens is 222 g/mol. The normalized spacial score (nSPS) is 23.6. The van der Waals surface area contributed by atoms with Gasteiger partial charge in [-0.2, -0.15) is 0 Å². The summed E-state index contributed by atoms with van der Waals surface area (Å²) in [6.45, 7) is 0.634. The van der Waals surface area contributed by atoms with Gasteiger partial charge in [0.1, 0.15) is 6.54 Å². The highest BCUT2D eigenvalue weighted by molar-refractivity contribution is 5.81. The molecule has 1 amide bonds. The van der Waals surface area contributed by atoms with Gasteiger partial charge in [-0.25, -0.2) is 0 Å². The van der Waals surface area contributed by atoms with Gasteiger partial charge in [-0.1, -0.05) is 0 Å². The molecule has 0 unspecified atom stereocenters. The third-order valence-electron chi connectivity index (χ3n) is 3.32. The topological polar surface area (TPSA) is 66.8 Å². The number of hydrogen-bond donors (Lipinski definition) is 1. The van der Waals surface area contributed by atoms with E-state index in [0.717, 1.165) is 38.7 Å². The number of nitrogens with zero attached hydrogens (tertiary/aromatic N) is 1. The molecule has 0 aromatic heterocycles. The van der Waals surface area contributed by atoms with Gasteiger partial charge in [-0.3, -0.25) is 9.59 Å². The minimum absolute atomic E-state index is 0.0367. The summed E-state index contributed by atoms with van der Waals surface area (Å²) < 4.78 is 5.45. The first-order chi connectivity index (χ1) is 8.16. The van der Waals surface area contributed by atoms with E-state index in [1.54, 1.807) is 0 Å². The Morgan fingerprint density at radius 1 is 1.29 bits per heavy atom. The Bertz CT molecular complexity index is 295. The molecule has 0 spiro atoms. The number of carboxylic acids is 1.